The van der Waals surface area contributed by atoms with E-state index < -0.39 is 11.7 Å². The van der Waals surface area contributed by atoms with Gasteiger partial charge < -0.3 is 20.1 Å². The van der Waals surface area contributed by atoms with Crippen LogP contribution >= 0.6 is 0 Å². The van der Waals surface area contributed by atoms with Crippen molar-refractivity contribution in [2.24, 2.45) is 50.7 Å². The van der Waals surface area contributed by atoms with Crippen molar-refractivity contribution in [2.75, 3.05) is 6.61 Å². The summed E-state index contributed by atoms with van der Waals surface area (Å²) in [4.78, 5) is 0. The molecule has 6 rings (SSSR count). The first kappa shape index (κ1) is 22.3. The fourth-order valence-corrected chi connectivity index (χ4v) is 11.8. The Hall–Kier alpha value is -0.160. The lowest BCUT2D eigenvalue weighted by Crippen LogP contribution is -2.59. The van der Waals surface area contributed by atoms with Gasteiger partial charge >= 0.3 is 0 Å². The summed E-state index contributed by atoms with van der Waals surface area (Å²) in [5.74, 6) is 1.94. The highest BCUT2D eigenvalue weighted by Crippen LogP contribution is 2.89. The first-order chi connectivity index (χ1) is 14.8. The van der Waals surface area contributed by atoms with Crippen LogP contribution < -0.4 is 0 Å². The Kier molecular flexibility index (Phi) is 4.29. The van der Waals surface area contributed by atoms with E-state index in [0.29, 0.717) is 34.5 Å². The van der Waals surface area contributed by atoms with Crippen molar-refractivity contribution in [3.8, 4) is 0 Å². The standard InChI is InChI=1S/C28H46O4/c1-16-13-24(4,15-29)32-21-20(16)25(5)11-12-28-14-27(28)10-9-19(30)23(2,3)17(27)7-8-18(28)26(25,6)22(21)31/h16-22,29-31H,7-15H2,1-6H3/t16-,17+,18?,19?,20+,21?,22+,24?,25?,26-,27?,28?/m1/s1. The van der Waals surface area contributed by atoms with Crippen LogP contribution in [-0.2, 0) is 4.74 Å². The van der Waals surface area contributed by atoms with Crippen LogP contribution in [-0.4, -0.2) is 45.8 Å². The minimum Gasteiger partial charge on any atom is -0.393 e. The van der Waals surface area contributed by atoms with Crippen LogP contribution in [0.5, 0.6) is 0 Å². The quantitative estimate of drug-likeness (QED) is 0.553. The Morgan fingerprint density at radius 1 is 0.875 bits per heavy atom. The van der Waals surface area contributed by atoms with Crippen LogP contribution in [0, 0.1) is 50.7 Å². The molecule has 6 aliphatic rings. The number of fused-ring (bicyclic) bond motifs is 4. The van der Waals surface area contributed by atoms with Gasteiger partial charge in [-0.25, -0.2) is 0 Å². The fraction of sp³-hybridized carbons (Fsp3) is 1.00. The highest BCUT2D eigenvalue weighted by molar-refractivity contribution is 5.32. The molecule has 2 spiro atoms. The summed E-state index contributed by atoms with van der Waals surface area (Å²) in [6, 6.07) is 0. The Morgan fingerprint density at radius 2 is 1.53 bits per heavy atom. The van der Waals surface area contributed by atoms with E-state index in [9.17, 15) is 15.3 Å². The number of hydrogen-bond acceptors (Lipinski definition) is 4. The van der Waals surface area contributed by atoms with Gasteiger partial charge in [-0.05, 0) is 104 Å². The molecule has 0 aromatic rings. The normalized spacial score (nSPS) is 64.6. The number of aliphatic hydroxyl groups excluding tert-OH is 3. The third kappa shape index (κ3) is 2.17. The molecule has 32 heavy (non-hydrogen) atoms. The van der Waals surface area contributed by atoms with Gasteiger partial charge in [0.25, 0.3) is 0 Å². The molecule has 0 aromatic carbocycles. The van der Waals surface area contributed by atoms with Gasteiger partial charge in [0.15, 0.2) is 0 Å². The van der Waals surface area contributed by atoms with Crippen LogP contribution in [0.4, 0.5) is 0 Å². The predicted octanol–water partition coefficient (Wildman–Crippen LogP) is 4.54. The molecule has 0 radical (unpaired) electrons. The van der Waals surface area contributed by atoms with Crippen LogP contribution in [0.2, 0.25) is 0 Å². The molecule has 7 unspecified atom stereocenters. The Balaban J connectivity index is 1.41. The summed E-state index contributed by atoms with van der Waals surface area (Å²) in [5.41, 5.74) is 0.106. The van der Waals surface area contributed by atoms with Gasteiger partial charge in [0.1, 0.15) is 0 Å². The van der Waals surface area contributed by atoms with E-state index in [2.05, 4.69) is 34.6 Å². The summed E-state index contributed by atoms with van der Waals surface area (Å²) >= 11 is 0. The number of rotatable bonds is 1. The molecular weight excluding hydrogens is 400 g/mol. The van der Waals surface area contributed by atoms with Gasteiger partial charge in [-0.2, -0.15) is 0 Å². The zero-order chi connectivity index (χ0) is 23.1. The highest BCUT2D eigenvalue weighted by atomic mass is 16.5. The molecule has 0 aromatic heterocycles. The van der Waals surface area contributed by atoms with E-state index in [1.165, 1.54) is 38.5 Å². The molecule has 3 N–H and O–H groups in total. The summed E-state index contributed by atoms with van der Waals surface area (Å²) in [6.07, 6.45) is 8.31. The third-order valence-corrected chi connectivity index (χ3v) is 13.4. The molecule has 0 bridgehead atoms. The molecule has 1 saturated heterocycles. The highest BCUT2D eigenvalue weighted by Gasteiger charge is 2.84. The second-order valence-corrected chi connectivity index (χ2v) is 14.6. The molecule has 6 fully saturated rings. The second kappa shape index (κ2) is 6.15. The maximum Gasteiger partial charge on any atom is 0.0892 e. The Labute approximate surface area is 194 Å². The number of hydrogen-bond donors (Lipinski definition) is 3. The molecule has 0 amide bonds. The minimum absolute atomic E-state index is 0.00276. The van der Waals surface area contributed by atoms with Crippen molar-refractivity contribution in [1.29, 1.82) is 0 Å². The molecule has 1 heterocycles. The molecule has 5 aliphatic carbocycles. The monoisotopic (exact) mass is 446 g/mol. The SMILES string of the molecule is C[C@@H]1CC(C)(CO)OC2[C@H]1C1(C)CCC34CC35CCC(O)C(C)(C)[C@@H]5CCC4[C@]1(C)[C@H]2O. The van der Waals surface area contributed by atoms with Gasteiger partial charge in [0, 0.05) is 5.41 Å². The lowest BCUT2D eigenvalue weighted by molar-refractivity contribution is -0.202. The van der Waals surface area contributed by atoms with E-state index in [4.69, 9.17) is 4.74 Å². The van der Waals surface area contributed by atoms with Crippen LogP contribution in [0.15, 0.2) is 0 Å². The van der Waals surface area contributed by atoms with Crippen molar-refractivity contribution in [3.05, 3.63) is 0 Å². The Morgan fingerprint density at radius 3 is 2.22 bits per heavy atom. The van der Waals surface area contributed by atoms with Crippen molar-refractivity contribution in [1.82, 2.24) is 0 Å². The zero-order valence-electron chi connectivity index (χ0n) is 21.2. The molecule has 182 valence electrons. The van der Waals surface area contributed by atoms with Crippen LogP contribution in [0.3, 0.4) is 0 Å². The molecule has 5 saturated carbocycles. The maximum atomic E-state index is 12.1. The van der Waals surface area contributed by atoms with E-state index >= 15 is 0 Å². The van der Waals surface area contributed by atoms with E-state index in [-0.39, 0.29) is 35.1 Å². The summed E-state index contributed by atoms with van der Waals surface area (Å²) in [7, 11) is 0. The van der Waals surface area contributed by atoms with E-state index in [0.717, 1.165) is 12.8 Å². The van der Waals surface area contributed by atoms with Crippen molar-refractivity contribution >= 4 is 0 Å². The molecule has 4 nitrogen and oxygen atoms in total. The molecule has 4 heteroatoms. The van der Waals surface area contributed by atoms with Gasteiger partial charge in [-0.15, -0.1) is 0 Å². The lowest BCUT2D eigenvalue weighted by atomic mass is 9.41. The summed E-state index contributed by atoms with van der Waals surface area (Å²) in [6.45, 7) is 13.9. The number of ether oxygens (including phenoxy) is 1. The average Bonchev–Trinajstić information content (AvgIpc) is 3.36. The van der Waals surface area contributed by atoms with Crippen molar-refractivity contribution in [2.45, 2.75) is 117 Å². The maximum absolute atomic E-state index is 12.1. The summed E-state index contributed by atoms with van der Waals surface area (Å²) in [5, 5.41) is 33.0. The summed E-state index contributed by atoms with van der Waals surface area (Å²) < 4.78 is 6.60. The lowest BCUT2D eigenvalue weighted by Gasteiger charge is -2.63. The number of aliphatic hydroxyl groups is 3. The van der Waals surface area contributed by atoms with Crippen LogP contribution in [0.25, 0.3) is 0 Å². The fourth-order valence-electron chi connectivity index (χ4n) is 11.8. The largest absolute Gasteiger partial charge is 0.393 e. The zero-order valence-corrected chi connectivity index (χ0v) is 21.2. The smallest absolute Gasteiger partial charge is 0.0892 e. The average molecular weight is 447 g/mol. The second-order valence-electron chi connectivity index (χ2n) is 14.6. The van der Waals surface area contributed by atoms with E-state index in [1.54, 1.807) is 0 Å². The van der Waals surface area contributed by atoms with Crippen molar-refractivity contribution < 1.29 is 20.1 Å². The first-order valence-corrected chi connectivity index (χ1v) is 13.5. The molecule has 12 atom stereocenters. The van der Waals surface area contributed by atoms with E-state index in [1.807, 2.05) is 6.92 Å². The van der Waals surface area contributed by atoms with Gasteiger partial charge in [-0.1, -0.05) is 34.6 Å². The third-order valence-electron chi connectivity index (χ3n) is 13.4. The minimum atomic E-state index is -0.540. The van der Waals surface area contributed by atoms with Crippen molar-refractivity contribution in [3.63, 3.8) is 0 Å². The first-order valence-electron chi connectivity index (χ1n) is 13.5. The van der Waals surface area contributed by atoms with Gasteiger partial charge in [0.2, 0.25) is 0 Å². The Bertz CT molecular complexity index is 826. The predicted molar refractivity (Wildman–Crippen MR) is 124 cm³/mol. The molecular formula is C28H46O4. The van der Waals surface area contributed by atoms with Gasteiger partial charge in [-0.3, -0.25) is 0 Å². The molecule has 1 aliphatic heterocycles. The van der Waals surface area contributed by atoms with Gasteiger partial charge in [0.05, 0.1) is 30.5 Å². The topological polar surface area (TPSA) is 69.9 Å². The van der Waals surface area contributed by atoms with Crippen LogP contribution in [0.1, 0.15) is 92.9 Å².